The first-order valence-corrected chi connectivity index (χ1v) is 10.7. The lowest BCUT2D eigenvalue weighted by atomic mass is 10.2. The maximum Gasteiger partial charge on any atom is 0.234 e. The Bertz CT molecular complexity index is 992. The van der Waals surface area contributed by atoms with Gasteiger partial charge in [0, 0.05) is 17.3 Å². The standard InChI is InChI=1S/C21H23ClN4O2S/c1-4-26-20(15(3)28-18-10-6-8-16(22)12-18)24-25-21(26)29-13-19(27)23-17-9-5-7-14(2)11-17/h5-12,15H,4,13H2,1-3H3,(H,23,27). The molecule has 0 bridgehead atoms. The van der Waals surface area contributed by atoms with Crippen molar-refractivity contribution in [2.24, 2.45) is 0 Å². The number of hydrogen-bond acceptors (Lipinski definition) is 5. The number of amides is 1. The second kappa shape index (κ2) is 9.80. The number of hydrogen-bond donors (Lipinski definition) is 1. The van der Waals surface area contributed by atoms with E-state index in [0.717, 1.165) is 11.3 Å². The molecule has 1 heterocycles. The number of nitrogens with zero attached hydrogens (tertiary/aromatic N) is 3. The summed E-state index contributed by atoms with van der Waals surface area (Å²) >= 11 is 7.37. The van der Waals surface area contributed by atoms with Crippen LogP contribution in [0, 0.1) is 6.92 Å². The smallest absolute Gasteiger partial charge is 0.234 e. The summed E-state index contributed by atoms with van der Waals surface area (Å²) in [5.41, 5.74) is 1.89. The van der Waals surface area contributed by atoms with Crippen molar-refractivity contribution in [2.75, 3.05) is 11.1 Å². The van der Waals surface area contributed by atoms with Crippen molar-refractivity contribution in [3.63, 3.8) is 0 Å². The molecule has 0 aliphatic rings. The van der Waals surface area contributed by atoms with Crippen LogP contribution < -0.4 is 10.1 Å². The van der Waals surface area contributed by atoms with Gasteiger partial charge in [-0.2, -0.15) is 0 Å². The summed E-state index contributed by atoms with van der Waals surface area (Å²) in [6.45, 7) is 6.58. The molecule has 1 atom stereocenters. The molecule has 0 saturated heterocycles. The van der Waals surface area contributed by atoms with Crippen LogP contribution in [0.25, 0.3) is 0 Å². The number of rotatable bonds is 8. The van der Waals surface area contributed by atoms with Crippen LogP contribution in [0.15, 0.2) is 53.7 Å². The van der Waals surface area contributed by atoms with Crippen molar-refractivity contribution in [1.82, 2.24) is 14.8 Å². The number of aryl methyl sites for hydroxylation is 1. The highest BCUT2D eigenvalue weighted by atomic mass is 35.5. The fourth-order valence-corrected chi connectivity index (χ4v) is 3.84. The molecule has 1 N–H and O–H groups in total. The van der Waals surface area contributed by atoms with Gasteiger partial charge in [0.25, 0.3) is 0 Å². The second-order valence-corrected chi connectivity index (χ2v) is 7.89. The molecular formula is C21H23ClN4O2S. The molecule has 3 aromatic rings. The van der Waals surface area contributed by atoms with Crippen molar-refractivity contribution >= 4 is 35.0 Å². The minimum Gasteiger partial charge on any atom is -0.483 e. The largest absolute Gasteiger partial charge is 0.483 e. The summed E-state index contributed by atoms with van der Waals surface area (Å²) in [6.07, 6.45) is -0.309. The van der Waals surface area contributed by atoms with E-state index in [-0.39, 0.29) is 17.8 Å². The lowest BCUT2D eigenvalue weighted by Crippen LogP contribution is -2.15. The third-order valence-corrected chi connectivity index (χ3v) is 5.37. The number of benzene rings is 2. The zero-order valence-electron chi connectivity index (χ0n) is 16.6. The number of aromatic nitrogens is 3. The maximum absolute atomic E-state index is 12.3. The quantitative estimate of drug-likeness (QED) is 0.501. The number of carbonyl (C=O) groups is 1. The molecule has 0 aliphatic carbocycles. The normalized spacial score (nSPS) is 11.9. The highest BCUT2D eigenvalue weighted by Gasteiger charge is 2.19. The summed E-state index contributed by atoms with van der Waals surface area (Å²) < 4.78 is 7.91. The molecule has 0 spiro atoms. The molecule has 0 radical (unpaired) electrons. The number of anilines is 1. The predicted molar refractivity (Wildman–Crippen MR) is 117 cm³/mol. The first-order chi connectivity index (χ1) is 14.0. The van der Waals surface area contributed by atoms with Gasteiger partial charge in [0.1, 0.15) is 5.75 Å². The molecule has 1 unspecified atom stereocenters. The second-order valence-electron chi connectivity index (χ2n) is 6.51. The van der Waals surface area contributed by atoms with Crippen molar-refractivity contribution in [3.05, 3.63) is 64.9 Å². The summed E-state index contributed by atoms with van der Waals surface area (Å²) in [5, 5.41) is 12.7. The fourth-order valence-electron chi connectivity index (χ4n) is 2.85. The van der Waals surface area contributed by atoms with E-state index in [0.29, 0.717) is 28.3 Å². The highest BCUT2D eigenvalue weighted by Crippen LogP contribution is 2.26. The molecule has 1 amide bonds. The van der Waals surface area contributed by atoms with E-state index < -0.39 is 0 Å². The number of carbonyl (C=O) groups excluding carboxylic acids is 1. The number of ether oxygens (including phenoxy) is 1. The van der Waals surface area contributed by atoms with Crippen LogP contribution in [-0.4, -0.2) is 26.4 Å². The minimum absolute atomic E-state index is 0.0870. The van der Waals surface area contributed by atoms with Crippen LogP contribution in [0.5, 0.6) is 5.75 Å². The summed E-state index contributed by atoms with van der Waals surface area (Å²) in [6, 6.07) is 15.0. The molecule has 0 saturated carbocycles. The first-order valence-electron chi connectivity index (χ1n) is 9.31. The molecule has 1 aromatic heterocycles. The fraction of sp³-hybridized carbons (Fsp3) is 0.286. The Morgan fingerprint density at radius 2 is 2.03 bits per heavy atom. The Balaban J connectivity index is 1.63. The Hall–Kier alpha value is -2.51. The van der Waals surface area contributed by atoms with Gasteiger partial charge in [-0.05, 0) is 56.7 Å². The van der Waals surface area contributed by atoms with Gasteiger partial charge in [-0.1, -0.05) is 41.6 Å². The summed E-state index contributed by atoms with van der Waals surface area (Å²) in [5.74, 6) is 1.53. The van der Waals surface area contributed by atoms with Crippen molar-refractivity contribution < 1.29 is 9.53 Å². The Morgan fingerprint density at radius 3 is 2.76 bits per heavy atom. The SMILES string of the molecule is CCn1c(SCC(=O)Nc2cccc(C)c2)nnc1C(C)Oc1cccc(Cl)c1. The van der Waals surface area contributed by atoms with Crippen LogP contribution >= 0.6 is 23.4 Å². The van der Waals surface area contributed by atoms with E-state index in [2.05, 4.69) is 15.5 Å². The van der Waals surface area contributed by atoms with Crippen LogP contribution in [0.3, 0.4) is 0 Å². The van der Waals surface area contributed by atoms with E-state index in [1.54, 1.807) is 12.1 Å². The molecule has 3 rings (SSSR count). The monoisotopic (exact) mass is 430 g/mol. The molecule has 2 aromatic carbocycles. The van der Waals surface area contributed by atoms with Gasteiger partial charge >= 0.3 is 0 Å². The minimum atomic E-state index is -0.309. The number of halogens is 1. The highest BCUT2D eigenvalue weighted by molar-refractivity contribution is 7.99. The lowest BCUT2D eigenvalue weighted by molar-refractivity contribution is -0.113. The summed E-state index contributed by atoms with van der Waals surface area (Å²) in [4.78, 5) is 12.3. The van der Waals surface area contributed by atoms with Crippen LogP contribution in [0.4, 0.5) is 5.69 Å². The van der Waals surface area contributed by atoms with Gasteiger partial charge < -0.3 is 14.6 Å². The zero-order valence-corrected chi connectivity index (χ0v) is 18.1. The van der Waals surface area contributed by atoms with Crippen LogP contribution in [-0.2, 0) is 11.3 Å². The predicted octanol–water partition coefficient (Wildman–Crippen LogP) is 5.13. The maximum atomic E-state index is 12.3. The van der Waals surface area contributed by atoms with E-state index in [1.807, 2.05) is 61.7 Å². The number of thioether (sulfide) groups is 1. The molecule has 6 nitrogen and oxygen atoms in total. The van der Waals surface area contributed by atoms with Crippen LogP contribution in [0.1, 0.15) is 31.3 Å². The molecular weight excluding hydrogens is 408 g/mol. The van der Waals surface area contributed by atoms with Crippen molar-refractivity contribution in [3.8, 4) is 5.75 Å². The Kier molecular flexibility index (Phi) is 7.17. The van der Waals surface area contributed by atoms with E-state index in [1.165, 1.54) is 11.8 Å². The van der Waals surface area contributed by atoms with Crippen molar-refractivity contribution in [2.45, 2.75) is 38.6 Å². The van der Waals surface area contributed by atoms with Gasteiger partial charge in [-0.25, -0.2) is 0 Å². The average Bonchev–Trinajstić information content (AvgIpc) is 3.09. The third-order valence-electron chi connectivity index (χ3n) is 4.17. The summed E-state index contributed by atoms with van der Waals surface area (Å²) in [7, 11) is 0. The van der Waals surface area contributed by atoms with E-state index >= 15 is 0 Å². The van der Waals surface area contributed by atoms with Gasteiger partial charge in [0.05, 0.1) is 5.75 Å². The molecule has 0 fully saturated rings. The average molecular weight is 431 g/mol. The Labute approximate surface area is 179 Å². The first kappa shape index (κ1) is 21.2. The van der Waals surface area contributed by atoms with E-state index in [9.17, 15) is 4.79 Å². The van der Waals surface area contributed by atoms with E-state index in [4.69, 9.17) is 16.3 Å². The number of nitrogens with one attached hydrogen (secondary N) is 1. The molecule has 152 valence electrons. The molecule has 29 heavy (non-hydrogen) atoms. The van der Waals surface area contributed by atoms with Gasteiger partial charge in [0.2, 0.25) is 5.91 Å². The topological polar surface area (TPSA) is 69.0 Å². The molecule has 0 aliphatic heterocycles. The van der Waals surface area contributed by atoms with Gasteiger partial charge in [0.15, 0.2) is 17.1 Å². The van der Waals surface area contributed by atoms with Gasteiger partial charge in [-0.3, -0.25) is 4.79 Å². The third kappa shape index (κ3) is 5.74. The zero-order chi connectivity index (χ0) is 20.8. The molecule has 8 heteroatoms. The Morgan fingerprint density at radius 1 is 1.24 bits per heavy atom. The van der Waals surface area contributed by atoms with Crippen LogP contribution in [0.2, 0.25) is 5.02 Å². The van der Waals surface area contributed by atoms with Gasteiger partial charge in [-0.15, -0.1) is 10.2 Å². The lowest BCUT2D eigenvalue weighted by Gasteiger charge is -2.15. The van der Waals surface area contributed by atoms with Crippen molar-refractivity contribution in [1.29, 1.82) is 0 Å².